The molecule has 0 radical (unpaired) electrons. The van der Waals surface area contributed by atoms with Crippen LogP contribution in [0.15, 0.2) is 63.8 Å². The van der Waals surface area contributed by atoms with E-state index in [1.54, 1.807) is 29.2 Å². The average molecular weight is 393 g/mol. The zero-order valence-electron chi connectivity index (χ0n) is 15.6. The van der Waals surface area contributed by atoms with Gasteiger partial charge in [0.25, 0.3) is 5.91 Å². The lowest BCUT2D eigenvalue weighted by molar-refractivity contribution is -0.148. The maximum Gasteiger partial charge on any atom is 0.437 e. The van der Waals surface area contributed by atoms with E-state index in [-0.39, 0.29) is 11.8 Å². The minimum Gasteiger partial charge on any atom is -0.454 e. The van der Waals surface area contributed by atoms with Crippen molar-refractivity contribution in [2.24, 2.45) is 0 Å². The van der Waals surface area contributed by atoms with Crippen LogP contribution in [0.25, 0.3) is 11.5 Å². The van der Waals surface area contributed by atoms with Crippen LogP contribution < -0.4 is 10.7 Å². The van der Waals surface area contributed by atoms with Gasteiger partial charge in [0.15, 0.2) is 6.61 Å². The normalized spacial score (nSPS) is 13.0. The number of hydrogen-bond acceptors (Lipinski definition) is 6. The smallest absolute Gasteiger partial charge is 0.437 e. The Kier molecular flexibility index (Phi) is 5.24. The van der Waals surface area contributed by atoms with E-state index in [0.717, 1.165) is 28.8 Å². The number of rotatable bonds is 5. The van der Waals surface area contributed by atoms with E-state index in [0.29, 0.717) is 12.1 Å². The quantitative estimate of drug-likeness (QED) is 0.616. The lowest BCUT2D eigenvalue weighted by Gasteiger charge is -2.29. The number of esters is 1. The lowest BCUT2D eigenvalue weighted by Crippen LogP contribution is -2.38. The van der Waals surface area contributed by atoms with Crippen molar-refractivity contribution in [3.8, 4) is 11.5 Å². The number of nitrogens with zero attached hydrogens (tertiary/aromatic N) is 3. The summed E-state index contributed by atoms with van der Waals surface area (Å²) in [6, 6.07) is 16.6. The molecule has 2 heterocycles. The predicted molar refractivity (Wildman–Crippen MR) is 104 cm³/mol. The summed E-state index contributed by atoms with van der Waals surface area (Å²) in [6.45, 7) is -0.249. The SMILES string of the molecule is O=C(Cn1nc(-c2ccccc2)oc1=O)OCC(=O)N1CCCc2ccccc21. The van der Waals surface area contributed by atoms with E-state index in [9.17, 15) is 14.4 Å². The Balaban J connectivity index is 1.37. The van der Waals surface area contributed by atoms with Crippen molar-refractivity contribution in [1.29, 1.82) is 0 Å². The molecule has 0 unspecified atom stereocenters. The molecule has 4 rings (SSSR count). The largest absolute Gasteiger partial charge is 0.454 e. The number of carbonyl (C=O) groups is 2. The lowest BCUT2D eigenvalue weighted by atomic mass is 10.0. The second kappa shape index (κ2) is 8.14. The minimum absolute atomic E-state index is 0.115. The Hall–Kier alpha value is -3.68. The third-order valence-corrected chi connectivity index (χ3v) is 4.67. The van der Waals surface area contributed by atoms with E-state index in [1.807, 2.05) is 30.3 Å². The fourth-order valence-corrected chi connectivity index (χ4v) is 3.28. The molecule has 0 bridgehead atoms. The Labute approximate surface area is 166 Å². The number of hydrogen-bond donors (Lipinski definition) is 0. The van der Waals surface area contributed by atoms with Gasteiger partial charge >= 0.3 is 11.7 Å². The number of para-hydroxylation sites is 1. The summed E-state index contributed by atoms with van der Waals surface area (Å²) >= 11 is 0. The van der Waals surface area contributed by atoms with Crippen molar-refractivity contribution in [3.05, 3.63) is 70.7 Å². The maximum absolute atomic E-state index is 12.5. The fraction of sp³-hybridized carbons (Fsp3) is 0.238. The summed E-state index contributed by atoms with van der Waals surface area (Å²) in [4.78, 5) is 38.2. The van der Waals surface area contributed by atoms with Crippen molar-refractivity contribution in [1.82, 2.24) is 9.78 Å². The van der Waals surface area contributed by atoms with Crippen LogP contribution in [0.2, 0.25) is 0 Å². The van der Waals surface area contributed by atoms with E-state index < -0.39 is 24.9 Å². The summed E-state index contributed by atoms with van der Waals surface area (Å²) < 4.78 is 11.0. The highest BCUT2D eigenvalue weighted by Gasteiger charge is 2.23. The number of fused-ring (bicyclic) bond motifs is 1. The zero-order valence-corrected chi connectivity index (χ0v) is 15.6. The predicted octanol–water partition coefficient (Wildman–Crippen LogP) is 2.03. The molecule has 8 heteroatoms. The van der Waals surface area contributed by atoms with Gasteiger partial charge in [0.1, 0.15) is 6.54 Å². The highest BCUT2D eigenvalue weighted by atomic mass is 16.5. The highest BCUT2D eigenvalue weighted by Crippen LogP contribution is 2.26. The number of carbonyl (C=O) groups excluding carboxylic acids is 2. The van der Waals surface area contributed by atoms with Gasteiger partial charge in [-0.05, 0) is 36.6 Å². The highest BCUT2D eigenvalue weighted by molar-refractivity contribution is 5.96. The molecular weight excluding hydrogens is 374 g/mol. The van der Waals surface area contributed by atoms with Gasteiger partial charge in [-0.1, -0.05) is 36.4 Å². The van der Waals surface area contributed by atoms with Crippen LogP contribution in [0.1, 0.15) is 12.0 Å². The topological polar surface area (TPSA) is 94.6 Å². The first-order chi connectivity index (χ1) is 14.1. The maximum atomic E-state index is 12.5. The van der Waals surface area contributed by atoms with Crippen molar-refractivity contribution < 1.29 is 18.7 Å². The van der Waals surface area contributed by atoms with E-state index in [1.165, 1.54) is 0 Å². The van der Waals surface area contributed by atoms with Crippen LogP contribution in [-0.4, -0.2) is 34.8 Å². The standard InChI is InChI=1S/C21H19N3O5/c25-18(23-12-6-10-15-7-4-5-11-17(15)23)14-28-19(26)13-24-21(27)29-20(22-24)16-8-2-1-3-9-16/h1-5,7-9,11H,6,10,12-14H2. The first-order valence-corrected chi connectivity index (χ1v) is 9.29. The van der Waals surface area contributed by atoms with Crippen LogP contribution in [0.3, 0.4) is 0 Å². The van der Waals surface area contributed by atoms with Crippen molar-refractivity contribution >= 4 is 17.6 Å². The number of amides is 1. The van der Waals surface area contributed by atoms with Crippen LogP contribution >= 0.6 is 0 Å². The van der Waals surface area contributed by atoms with Crippen molar-refractivity contribution in [3.63, 3.8) is 0 Å². The molecule has 0 atom stereocenters. The first-order valence-electron chi connectivity index (χ1n) is 9.29. The van der Waals surface area contributed by atoms with E-state index in [2.05, 4.69) is 5.10 Å². The molecule has 0 fully saturated rings. The number of aromatic nitrogens is 2. The monoisotopic (exact) mass is 393 g/mol. The summed E-state index contributed by atoms with van der Waals surface area (Å²) in [5.74, 6) is -1.69. The molecule has 0 aliphatic carbocycles. The second-order valence-corrected chi connectivity index (χ2v) is 6.64. The summed E-state index contributed by atoms with van der Waals surface area (Å²) in [6.07, 6.45) is 1.77. The first kappa shape index (κ1) is 18.7. The van der Waals surface area contributed by atoms with Crippen LogP contribution in [-0.2, 0) is 27.3 Å². The van der Waals surface area contributed by atoms with Crippen molar-refractivity contribution in [2.75, 3.05) is 18.1 Å². The Morgan fingerprint density at radius 3 is 2.66 bits per heavy atom. The van der Waals surface area contributed by atoms with Crippen LogP contribution in [0.5, 0.6) is 0 Å². The Bertz CT molecular complexity index is 1090. The molecule has 0 N–H and O–H groups in total. The molecule has 3 aromatic rings. The molecule has 1 aromatic heterocycles. The molecule has 0 saturated carbocycles. The number of anilines is 1. The zero-order chi connectivity index (χ0) is 20.2. The van der Waals surface area contributed by atoms with Crippen LogP contribution in [0, 0.1) is 0 Å². The average Bonchev–Trinajstić information content (AvgIpc) is 3.12. The van der Waals surface area contributed by atoms with Gasteiger partial charge in [-0.2, -0.15) is 4.68 Å². The van der Waals surface area contributed by atoms with Crippen LogP contribution in [0.4, 0.5) is 5.69 Å². The van der Waals surface area contributed by atoms with Gasteiger partial charge in [0.05, 0.1) is 0 Å². The van der Waals surface area contributed by atoms with Crippen molar-refractivity contribution in [2.45, 2.75) is 19.4 Å². The van der Waals surface area contributed by atoms with E-state index >= 15 is 0 Å². The number of aryl methyl sites for hydroxylation is 1. The molecule has 1 amide bonds. The van der Waals surface area contributed by atoms with Gasteiger partial charge in [-0.3, -0.25) is 9.59 Å². The molecule has 1 aliphatic rings. The van der Waals surface area contributed by atoms with Gasteiger partial charge < -0.3 is 14.1 Å². The van der Waals surface area contributed by atoms with Gasteiger partial charge in [-0.25, -0.2) is 4.79 Å². The van der Waals surface area contributed by atoms with E-state index in [4.69, 9.17) is 9.15 Å². The summed E-state index contributed by atoms with van der Waals surface area (Å²) in [5.41, 5.74) is 2.57. The molecule has 0 spiro atoms. The number of ether oxygens (including phenoxy) is 1. The third-order valence-electron chi connectivity index (χ3n) is 4.67. The minimum atomic E-state index is -0.767. The van der Waals surface area contributed by atoms with Gasteiger partial charge in [0, 0.05) is 17.8 Å². The summed E-state index contributed by atoms with van der Waals surface area (Å²) in [5, 5.41) is 4.01. The molecule has 0 saturated heterocycles. The third kappa shape index (κ3) is 4.11. The molecule has 2 aromatic carbocycles. The Morgan fingerprint density at radius 2 is 1.83 bits per heavy atom. The van der Waals surface area contributed by atoms with Gasteiger partial charge in [-0.15, -0.1) is 5.10 Å². The molecule has 148 valence electrons. The molecule has 8 nitrogen and oxygen atoms in total. The molecule has 29 heavy (non-hydrogen) atoms. The summed E-state index contributed by atoms with van der Waals surface area (Å²) in [7, 11) is 0. The van der Waals surface area contributed by atoms with Gasteiger partial charge in [0.2, 0.25) is 5.89 Å². The Morgan fingerprint density at radius 1 is 1.07 bits per heavy atom. The molecular formula is C21H19N3O5. The number of benzene rings is 2. The fourth-order valence-electron chi connectivity index (χ4n) is 3.28. The second-order valence-electron chi connectivity index (χ2n) is 6.64. The molecule has 1 aliphatic heterocycles.